The molecule has 0 aliphatic rings. The van der Waals surface area contributed by atoms with Gasteiger partial charge >= 0.3 is 186 Å². The fraction of sp³-hybridized carbons (Fsp3) is 0.536. The molecule has 23 heteroatoms. The molecule has 1 unspecified atom stereocenters. The number of halogens is 1. The number of nitrogens with one attached hydrogen (secondary N) is 4. The van der Waals surface area contributed by atoms with E-state index in [0.717, 1.165) is 12.1 Å². The van der Waals surface area contributed by atoms with Crippen LogP contribution in [0, 0.1) is 5.82 Å². The van der Waals surface area contributed by atoms with Crippen molar-refractivity contribution in [3.63, 3.8) is 0 Å². The largest absolute Gasteiger partial charge is 1.00 e. The number of aliphatic carboxylic acids is 4. The summed E-state index contributed by atoms with van der Waals surface area (Å²) in [5, 5.41) is 45.5. The van der Waals surface area contributed by atoms with Crippen molar-refractivity contribution in [1.82, 2.24) is 21.0 Å². The zero-order chi connectivity index (χ0) is 36.3. The molecule has 0 saturated carbocycles. The van der Waals surface area contributed by atoms with Crippen molar-refractivity contribution in [2.75, 3.05) is 13.2 Å². The maximum Gasteiger partial charge on any atom is 1.00 e. The molecule has 0 fully saturated rings. The summed E-state index contributed by atoms with van der Waals surface area (Å²) in [7, 11) is -4.72. The molecule has 268 valence electrons. The molecule has 51 heavy (non-hydrogen) atoms. The minimum absolute atomic E-state index is 0. The van der Waals surface area contributed by atoms with Crippen LogP contribution < -0.4 is 175 Å². The molecule has 4 atom stereocenters. The molecule has 0 aliphatic carbocycles. The summed E-state index contributed by atoms with van der Waals surface area (Å²) in [4.78, 5) is 91.4. The molecule has 0 spiro atoms. The Bertz CT molecular complexity index is 1350. The van der Waals surface area contributed by atoms with Gasteiger partial charge in [0.15, 0.2) is 0 Å². The van der Waals surface area contributed by atoms with Crippen LogP contribution in [0.2, 0.25) is 0 Å². The van der Waals surface area contributed by atoms with Crippen LogP contribution in [0.1, 0.15) is 74.6 Å². The van der Waals surface area contributed by atoms with E-state index in [1.807, 2.05) is 5.09 Å². The molecule has 1 aromatic rings. The summed E-state index contributed by atoms with van der Waals surface area (Å²) in [5.74, 6) is -8.08. The molecule has 0 aliphatic heterocycles. The molecule has 0 saturated heterocycles. The average molecular weight is 823 g/mol. The van der Waals surface area contributed by atoms with Crippen molar-refractivity contribution in [3.8, 4) is 0 Å². The summed E-state index contributed by atoms with van der Waals surface area (Å²) < 4.78 is 29.8. The molecular formula is C28H40FK3N4O14P+3. The number of benzene rings is 1. The number of amides is 3. The van der Waals surface area contributed by atoms with E-state index in [4.69, 9.17) is 14.7 Å². The number of carbonyl (C=O) groups excluding carboxylic acids is 3. The predicted octanol–water partition coefficient (Wildman–Crippen LogP) is -8.15. The Morgan fingerprint density at radius 1 is 0.686 bits per heavy atom. The van der Waals surface area contributed by atoms with Crippen molar-refractivity contribution in [3.05, 3.63) is 35.6 Å². The van der Waals surface area contributed by atoms with Crippen LogP contribution in [-0.4, -0.2) is 98.2 Å². The zero-order valence-electron chi connectivity index (χ0n) is 28.8. The topological polar surface area (TPSA) is 295 Å². The monoisotopic (exact) mass is 822 g/mol. The Labute approximate surface area is 420 Å². The van der Waals surface area contributed by atoms with Crippen LogP contribution in [-0.2, 0) is 37.9 Å². The van der Waals surface area contributed by atoms with Gasteiger partial charge in [0.1, 0.15) is 23.9 Å². The molecule has 0 heterocycles. The van der Waals surface area contributed by atoms with Crippen molar-refractivity contribution in [2.45, 2.75) is 82.3 Å². The smallest absolute Gasteiger partial charge is 0.481 e. The van der Waals surface area contributed by atoms with Crippen molar-refractivity contribution in [2.24, 2.45) is 0 Å². The quantitative estimate of drug-likeness (QED) is 0.0252. The SMILES string of the molecule is O=C(O)CC[C@H](NP(=O)(O)OCCC[C@H](NC(=O)CC[C@H](NC(=O)CCCCCNC(=O)c1ccc([18F])cc1)C(=O)O)C(=O)O)C(=O)O.[K+].[K+].[K+]. The van der Waals surface area contributed by atoms with E-state index >= 15 is 0 Å². The molecule has 9 N–H and O–H groups in total. The summed E-state index contributed by atoms with van der Waals surface area (Å²) in [5.41, 5.74) is 0.295. The summed E-state index contributed by atoms with van der Waals surface area (Å²) in [6.45, 7) is -0.235. The van der Waals surface area contributed by atoms with Crippen LogP contribution in [0.4, 0.5) is 4.39 Å². The Hall–Kier alpha value is 0.459. The number of unbranched alkanes of at least 4 members (excludes halogenated alkanes) is 2. The van der Waals surface area contributed by atoms with Crippen LogP contribution in [0.15, 0.2) is 24.3 Å². The van der Waals surface area contributed by atoms with E-state index in [0.29, 0.717) is 31.4 Å². The van der Waals surface area contributed by atoms with Crippen molar-refractivity contribution in [1.29, 1.82) is 0 Å². The molecular weight excluding hydrogens is 783 g/mol. The minimum Gasteiger partial charge on any atom is -0.481 e. The molecule has 18 nitrogen and oxygen atoms in total. The first kappa shape index (κ1) is 55.8. The van der Waals surface area contributed by atoms with Gasteiger partial charge in [-0.2, -0.15) is 0 Å². The number of rotatable bonds is 25. The van der Waals surface area contributed by atoms with Gasteiger partial charge in [0, 0.05) is 31.4 Å². The normalized spacial score (nSPS) is 13.2. The molecule has 0 bridgehead atoms. The van der Waals surface area contributed by atoms with E-state index in [1.165, 1.54) is 12.1 Å². The Kier molecular flexibility index (Phi) is 33.5. The van der Waals surface area contributed by atoms with Crippen LogP contribution in [0.25, 0.3) is 0 Å². The number of carboxylic acid groups (broad SMARTS) is 4. The second-order valence-electron chi connectivity index (χ2n) is 10.5. The van der Waals surface area contributed by atoms with Crippen LogP contribution in [0.3, 0.4) is 0 Å². The Balaban J connectivity index is -0.00000768. The standard InChI is InChI=1S/C28H40FN4O14P.3K/c29-18-9-7-17(8-10-18)25(38)30-15-3-1-2-6-22(34)32-20(27(41)42)11-13-23(35)31-19(26(39)40)5-4-16-47-48(45,46)33-21(28(43)44)12-14-24(36)37;;;/h7-10,19-21H,1-6,11-16H2,(H,30,38)(H,31,35)(H,32,34)(H,36,37)(H,39,40)(H,41,42)(H,43,44)(H2,33,45,46);;;/q;3*+1/t19-,20-,21-;;;/m0.../s1/i29-1;;;. The second kappa shape index (κ2) is 30.7. The third kappa shape index (κ3) is 26.8. The van der Waals surface area contributed by atoms with Gasteiger partial charge in [0.25, 0.3) is 5.91 Å². The van der Waals surface area contributed by atoms with E-state index < -0.39 is 93.3 Å². The van der Waals surface area contributed by atoms with E-state index in [-0.39, 0.29) is 186 Å². The van der Waals surface area contributed by atoms with Crippen molar-refractivity contribution >= 4 is 49.3 Å². The summed E-state index contributed by atoms with van der Waals surface area (Å²) in [6.07, 6.45) is -1.02. The fourth-order valence-electron chi connectivity index (χ4n) is 4.04. The predicted molar refractivity (Wildman–Crippen MR) is 162 cm³/mol. The third-order valence-electron chi connectivity index (χ3n) is 6.57. The maximum atomic E-state index is 13.0. The van der Waals surface area contributed by atoms with Gasteiger partial charge in [-0.25, -0.2) is 23.6 Å². The first-order chi connectivity index (χ1) is 22.5. The number of hydrogen-bond acceptors (Lipinski definition) is 9. The number of carboxylic acids is 4. The van der Waals surface area contributed by atoms with Gasteiger partial charge in [0.2, 0.25) is 11.8 Å². The van der Waals surface area contributed by atoms with Gasteiger partial charge < -0.3 is 41.3 Å². The fourth-order valence-corrected chi connectivity index (χ4v) is 5.12. The van der Waals surface area contributed by atoms with Crippen LogP contribution in [0.5, 0.6) is 0 Å². The molecule has 0 radical (unpaired) electrons. The Morgan fingerprint density at radius 3 is 1.73 bits per heavy atom. The van der Waals surface area contributed by atoms with Gasteiger partial charge in [0.05, 0.1) is 6.61 Å². The summed E-state index contributed by atoms with van der Waals surface area (Å²) >= 11 is 0. The van der Waals surface area contributed by atoms with E-state index in [1.54, 1.807) is 0 Å². The first-order valence-corrected chi connectivity index (χ1v) is 16.4. The Morgan fingerprint density at radius 2 is 1.20 bits per heavy atom. The summed E-state index contributed by atoms with van der Waals surface area (Å²) in [6, 6.07) is 0.375. The number of hydrogen-bond donors (Lipinski definition) is 9. The zero-order valence-corrected chi connectivity index (χ0v) is 39.0. The molecule has 1 aromatic carbocycles. The van der Waals surface area contributed by atoms with E-state index in [2.05, 4.69) is 16.0 Å². The third-order valence-corrected chi connectivity index (χ3v) is 7.74. The average Bonchev–Trinajstić information content (AvgIpc) is 3.00. The molecule has 1 rings (SSSR count). The van der Waals surface area contributed by atoms with Gasteiger partial charge in [-0.1, -0.05) is 6.42 Å². The minimum atomic E-state index is -4.72. The number of carbonyl (C=O) groups is 7. The molecule has 0 aromatic heterocycles. The second-order valence-corrected chi connectivity index (χ2v) is 12.0. The van der Waals surface area contributed by atoms with Gasteiger partial charge in [-0.15, -0.1) is 0 Å². The van der Waals surface area contributed by atoms with Gasteiger partial charge in [-0.3, -0.25) is 28.5 Å². The molecule has 3 amide bonds. The van der Waals surface area contributed by atoms with Crippen LogP contribution >= 0.6 is 7.75 Å². The maximum absolute atomic E-state index is 13.0. The first-order valence-electron chi connectivity index (χ1n) is 14.8. The van der Waals surface area contributed by atoms with Gasteiger partial charge in [-0.05, 0) is 62.8 Å². The van der Waals surface area contributed by atoms with Crippen molar-refractivity contribution < 1.29 is 227 Å². The van der Waals surface area contributed by atoms with E-state index in [9.17, 15) is 57.6 Å².